The minimum absolute atomic E-state index is 0.871. The summed E-state index contributed by atoms with van der Waals surface area (Å²) in [5, 5.41) is 9.58. The molecule has 0 fully saturated rings. The highest BCUT2D eigenvalue weighted by atomic mass is 32.1. The van der Waals surface area contributed by atoms with E-state index >= 15 is 0 Å². The minimum atomic E-state index is 0.871. The third-order valence-corrected chi connectivity index (χ3v) is 11.9. The second kappa shape index (κ2) is 11.9. The van der Waals surface area contributed by atoms with Crippen LogP contribution in [0, 0.1) is 0 Å². The Balaban J connectivity index is 1.16. The maximum absolute atomic E-state index is 6.72. The minimum Gasteiger partial charge on any atom is -0.455 e. The number of hydrogen-bond donors (Lipinski definition) is 0. The summed E-state index contributed by atoms with van der Waals surface area (Å²) in [7, 11) is 0. The van der Waals surface area contributed by atoms with E-state index in [2.05, 4.69) is 193 Å². The molecule has 0 unspecified atom stereocenters. The maximum atomic E-state index is 6.72. The molecule has 53 heavy (non-hydrogen) atoms. The van der Waals surface area contributed by atoms with Crippen molar-refractivity contribution in [2.75, 3.05) is 4.90 Å². The van der Waals surface area contributed by atoms with Gasteiger partial charge in [0.05, 0.1) is 16.8 Å². The van der Waals surface area contributed by atoms with E-state index in [1.54, 1.807) is 0 Å². The molecule has 2 heterocycles. The molecular formula is C50H31NOS. The summed E-state index contributed by atoms with van der Waals surface area (Å²) in [6.45, 7) is 0. The van der Waals surface area contributed by atoms with Gasteiger partial charge in [-0.3, -0.25) is 0 Å². The van der Waals surface area contributed by atoms with Crippen molar-refractivity contribution < 1.29 is 4.42 Å². The second-order valence-electron chi connectivity index (χ2n) is 13.7. The Kier molecular flexibility index (Phi) is 6.76. The number of rotatable bonds is 5. The molecule has 0 saturated heterocycles. The maximum Gasteiger partial charge on any atom is 0.143 e. The van der Waals surface area contributed by atoms with Crippen LogP contribution in [-0.4, -0.2) is 0 Å². The number of para-hydroxylation sites is 1. The van der Waals surface area contributed by atoms with E-state index in [1.807, 2.05) is 11.3 Å². The molecule has 0 bridgehead atoms. The summed E-state index contributed by atoms with van der Waals surface area (Å²) < 4.78 is 9.32. The highest BCUT2D eigenvalue weighted by molar-refractivity contribution is 7.26. The lowest BCUT2D eigenvalue weighted by Gasteiger charge is -2.29. The van der Waals surface area contributed by atoms with Gasteiger partial charge >= 0.3 is 0 Å². The lowest BCUT2D eigenvalue weighted by molar-refractivity contribution is 0.672. The van der Waals surface area contributed by atoms with Gasteiger partial charge in [-0.1, -0.05) is 140 Å². The fourth-order valence-corrected chi connectivity index (χ4v) is 9.39. The van der Waals surface area contributed by atoms with Crippen molar-refractivity contribution in [2.45, 2.75) is 0 Å². The van der Waals surface area contributed by atoms with E-state index in [-0.39, 0.29) is 0 Å². The van der Waals surface area contributed by atoms with Crippen molar-refractivity contribution in [3.05, 3.63) is 188 Å². The van der Waals surface area contributed by atoms with Gasteiger partial charge in [0.1, 0.15) is 11.2 Å². The molecule has 0 aliphatic heterocycles. The number of hydrogen-bond acceptors (Lipinski definition) is 3. The quantitative estimate of drug-likeness (QED) is 0.178. The van der Waals surface area contributed by atoms with E-state index in [9.17, 15) is 0 Å². The summed E-state index contributed by atoms with van der Waals surface area (Å²) in [6, 6.07) is 68.0. The zero-order chi connectivity index (χ0) is 34.9. The normalized spacial score (nSPS) is 11.8. The predicted molar refractivity (Wildman–Crippen MR) is 227 cm³/mol. The first-order chi connectivity index (χ1) is 26.3. The van der Waals surface area contributed by atoms with Gasteiger partial charge in [-0.05, 0) is 75.8 Å². The van der Waals surface area contributed by atoms with E-state index in [0.29, 0.717) is 0 Å². The fourth-order valence-electron chi connectivity index (χ4n) is 8.16. The van der Waals surface area contributed by atoms with Crippen LogP contribution in [0.25, 0.3) is 85.9 Å². The number of furan rings is 1. The molecule has 0 saturated carbocycles. The van der Waals surface area contributed by atoms with Crippen molar-refractivity contribution in [2.24, 2.45) is 0 Å². The van der Waals surface area contributed by atoms with Crippen molar-refractivity contribution in [1.29, 1.82) is 0 Å². The zero-order valence-electron chi connectivity index (χ0n) is 28.7. The van der Waals surface area contributed by atoms with Gasteiger partial charge in [0.2, 0.25) is 0 Å². The summed E-state index contributed by atoms with van der Waals surface area (Å²) in [4.78, 5) is 2.43. The summed E-state index contributed by atoms with van der Waals surface area (Å²) in [5.41, 5.74) is 9.84. The Morgan fingerprint density at radius 1 is 0.415 bits per heavy atom. The van der Waals surface area contributed by atoms with Gasteiger partial charge in [0, 0.05) is 47.8 Å². The molecule has 0 aliphatic carbocycles. The molecule has 2 nitrogen and oxygen atoms in total. The lowest BCUT2D eigenvalue weighted by Crippen LogP contribution is -2.11. The number of thiophene rings is 1. The Bertz CT molecular complexity index is 3190. The molecule has 11 rings (SSSR count). The van der Waals surface area contributed by atoms with Crippen LogP contribution in [-0.2, 0) is 0 Å². The first-order valence-electron chi connectivity index (χ1n) is 18.0. The van der Waals surface area contributed by atoms with Gasteiger partial charge < -0.3 is 9.32 Å². The van der Waals surface area contributed by atoms with Crippen molar-refractivity contribution >= 4 is 92.1 Å². The zero-order valence-corrected chi connectivity index (χ0v) is 29.5. The first kappa shape index (κ1) is 30.0. The molecule has 9 aromatic carbocycles. The van der Waals surface area contributed by atoms with Crippen LogP contribution in [0.2, 0.25) is 0 Å². The average Bonchev–Trinajstić information content (AvgIpc) is 3.81. The van der Waals surface area contributed by atoms with Crippen LogP contribution in [0.5, 0.6) is 0 Å². The van der Waals surface area contributed by atoms with Crippen molar-refractivity contribution in [1.82, 2.24) is 0 Å². The van der Waals surface area contributed by atoms with Crippen molar-refractivity contribution in [3.8, 4) is 22.3 Å². The Labute approximate surface area is 310 Å². The number of fused-ring (bicyclic) bond motifs is 9. The third kappa shape index (κ3) is 4.78. The molecule has 248 valence electrons. The van der Waals surface area contributed by atoms with Gasteiger partial charge in [-0.15, -0.1) is 11.3 Å². The first-order valence-corrected chi connectivity index (χ1v) is 18.8. The monoisotopic (exact) mass is 693 g/mol. The standard InChI is InChI=1S/C50H31NOS/c1-2-13-35-31-36(24-23-32(35)11-1)33-25-28-37(29-26-33)51(45-20-10-21-46-48(45)43-30-27-34-12-3-4-14-38(34)49(43)52-46)44-19-7-5-15-39(44)41-17-9-18-42-40-16-6-8-22-47(40)53-50(41)42/h1-31H. The Morgan fingerprint density at radius 2 is 1.08 bits per heavy atom. The molecule has 11 aromatic rings. The van der Waals surface area contributed by atoms with Crippen LogP contribution < -0.4 is 4.90 Å². The highest BCUT2D eigenvalue weighted by Crippen LogP contribution is 2.49. The number of benzene rings is 9. The van der Waals surface area contributed by atoms with Crippen LogP contribution >= 0.6 is 11.3 Å². The summed E-state index contributed by atoms with van der Waals surface area (Å²) in [5.74, 6) is 0. The molecular weight excluding hydrogens is 663 g/mol. The van der Waals surface area contributed by atoms with Crippen LogP contribution in [0.1, 0.15) is 0 Å². The topological polar surface area (TPSA) is 16.4 Å². The average molecular weight is 694 g/mol. The second-order valence-corrected chi connectivity index (χ2v) is 14.7. The third-order valence-electron chi connectivity index (χ3n) is 10.7. The Morgan fingerprint density at radius 3 is 1.98 bits per heavy atom. The molecule has 0 spiro atoms. The number of nitrogens with zero attached hydrogens (tertiary/aromatic N) is 1. The smallest absolute Gasteiger partial charge is 0.143 e. The molecule has 0 N–H and O–H groups in total. The largest absolute Gasteiger partial charge is 0.455 e. The van der Waals surface area contributed by atoms with Crippen LogP contribution in [0.15, 0.2) is 192 Å². The van der Waals surface area contributed by atoms with E-state index < -0.39 is 0 Å². The molecule has 0 radical (unpaired) electrons. The molecule has 2 aromatic heterocycles. The SMILES string of the molecule is c1ccc(N(c2ccc(-c3ccc4ccccc4c3)cc2)c2cccc3oc4c5ccccc5ccc4c23)c(-c2cccc3c2sc2ccccc23)c1. The summed E-state index contributed by atoms with van der Waals surface area (Å²) >= 11 is 1.87. The number of anilines is 3. The van der Waals surface area contributed by atoms with Gasteiger partial charge in [0.15, 0.2) is 0 Å². The summed E-state index contributed by atoms with van der Waals surface area (Å²) in [6.07, 6.45) is 0. The fraction of sp³-hybridized carbons (Fsp3) is 0. The molecule has 3 heteroatoms. The van der Waals surface area contributed by atoms with Crippen LogP contribution in [0.3, 0.4) is 0 Å². The molecule has 0 aliphatic rings. The molecule has 0 atom stereocenters. The van der Waals surface area contributed by atoms with Gasteiger partial charge in [-0.25, -0.2) is 0 Å². The van der Waals surface area contributed by atoms with Crippen LogP contribution in [0.4, 0.5) is 17.1 Å². The highest BCUT2D eigenvalue weighted by Gasteiger charge is 2.23. The Hall–Kier alpha value is -6.68. The van der Waals surface area contributed by atoms with E-state index in [0.717, 1.165) is 44.4 Å². The predicted octanol–water partition coefficient (Wildman–Crippen LogP) is 15.1. The van der Waals surface area contributed by atoms with Crippen molar-refractivity contribution in [3.63, 3.8) is 0 Å². The van der Waals surface area contributed by atoms with E-state index in [4.69, 9.17) is 4.42 Å². The van der Waals surface area contributed by atoms with Gasteiger partial charge in [0.25, 0.3) is 0 Å². The van der Waals surface area contributed by atoms with Gasteiger partial charge in [-0.2, -0.15) is 0 Å². The molecule has 0 amide bonds. The van der Waals surface area contributed by atoms with E-state index in [1.165, 1.54) is 58.6 Å². The lowest BCUT2D eigenvalue weighted by atomic mass is 9.98.